The van der Waals surface area contributed by atoms with E-state index in [0.717, 1.165) is 6.07 Å². The second-order valence-corrected chi connectivity index (χ2v) is 7.75. The minimum absolute atomic E-state index is 0.0519. The maximum absolute atomic E-state index is 13.3. The van der Waals surface area contributed by atoms with Crippen LogP contribution < -0.4 is 10.1 Å². The standard InChI is InChI=1S/C18H19FN2O5S/c1-25-16-6-5-15(20-18(22)13-3-2-4-14(19)11-13)12-17(16)27(23,24)21-7-9-26-10-8-21/h2-6,11-12H,7-10H2,1H3,(H,20,22). The number of amides is 1. The monoisotopic (exact) mass is 394 g/mol. The molecule has 0 saturated carbocycles. The number of ether oxygens (including phenoxy) is 2. The zero-order valence-electron chi connectivity index (χ0n) is 14.6. The van der Waals surface area contributed by atoms with E-state index in [1.54, 1.807) is 0 Å². The van der Waals surface area contributed by atoms with E-state index in [9.17, 15) is 17.6 Å². The van der Waals surface area contributed by atoms with Crippen molar-refractivity contribution < 1.29 is 27.1 Å². The van der Waals surface area contributed by atoms with E-state index in [4.69, 9.17) is 9.47 Å². The number of benzene rings is 2. The Labute approximate surface area is 156 Å². The van der Waals surface area contributed by atoms with Gasteiger partial charge in [0.1, 0.15) is 16.5 Å². The molecule has 3 rings (SSSR count). The Morgan fingerprint density at radius 2 is 1.93 bits per heavy atom. The Morgan fingerprint density at radius 1 is 1.19 bits per heavy atom. The second-order valence-electron chi connectivity index (χ2n) is 5.85. The Morgan fingerprint density at radius 3 is 2.59 bits per heavy atom. The van der Waals surface area contributed by atoms with Crippen molar-refractivity contribution in [3.05, 3.63) is 53.8 Å². The van der Waals surface area contributed by atoms with Gasteiger partial charge in [-0.2, -0.15) is 4.31 Å². The van der Waals surface area contributed by atoms with Gasteiger partial charge in [0, 0.05) is 24.3 Å². The molecule has 27 heavy (non-hydrogen) atoms. The first-order chi connectivity index (χ1) is 12.9. The van der Waals surface area contributed by atoms with Gasteiger partial charge in [-0.05, 0) is 36.4 Å². The first-order valence-electron chi connectivity index (χ1n) is 8.24. The van der Waals surface area contributed by atoms with Gasteiger partial charge in [-0.1, -0.05) is 6.07 Å². The normalized spacial score (nSPS) is 15.3. The molecule has 2 aromatic rings. The number of morpholine rings is 1. The summed E-state index contributed by atoms with van der Waals surface area (Å²) >= 11 is 0. The number of hydrogen-bond acceptors (Lipinski definition) is 5. The predicted octanol–water partition coefficient (Wildman–Crippen LogP) is 2.11. The van der Waals surface area contributed by atoms with Gasteiger partial charge in [-0.15, -0.1) is 0 Å². The largest absolute Gasteiger partial charge is 0.495 e. The summed E-state index contributed by atoms with van der Waals surface area (Å²) in [7, 11) is -2.44. The zero-order valence-corrected chi connectivity index (χ0v) is 15.5. The Hall–Kier alpha value is -2.49. The summed E-state index contributed by atoms with van der Waals surface area (Å²) in [5.41, 5.74) is 0.389. The number of halogens is 1. The van der Waals surface area contributed by atoms with Gasteiger partial charge >= 0.3 is 0 Å². The maximum atomic E-state index is 13.3. The molecular formula is C18H19FN2O5S. The third-order valence-corrected chi connectivity index (χ3v) is 6.02. The number of anilines is 1. The minimum Gasteiger partial charge on any atom is -0.495 e. The van der Waals surface area contributed by atoms with Gasteiger partial charge in [0.15, 0.2) is 0 Å². The number of carbonyl (C=O) groups is 1. The summed E-state index contributed by atoms with van der Waals surface area (Å²) in [5.74, 6) is -0.910. The van der Waals surface area contributed by atoms with E-state index in [2.05, 4.69) is 5.32 Å². The fraction of sp³-hybridized carbons (Fsp3) is 0.278. The lowest BCUT2D eigenvalue weighted by atomic mass is 10.2. The molecule has 0 aliphatic carbocycles. The number of nitrogens with one attached hydrogen (secondary N) is 1. The van der Waals surface area contributed by atoms with Crippen molar-refractivity contribution in [3.63, 3.8) is 0 Å². The van der Waals surface area contributed by atoms with Gasteiger partial charge in [-0.3, -0.25) is 4.79 Å². The van der Waals surface area contributed by atoms with E-state index in [1.165, 1.54) is 47.8 Å². The van der Waals surface area contributed by atoms with Crippen LogP contribution in [0.15, 0.2) is 47.4 Å². The molecule has 1 saturated heterocycles. The molecule has 2 aromatic carbocycles. The van der Waals surface area contributed by atoms with Crippen LogP contribution in [0.4, 0.5) is 10.1 Å². The first-order valence-corrected chi connectivity index (χ1v) is 9.68. The Balaban J connectivity index is 1.90. The van der Waals surface area contributed by atoms with E-state index in [-0.39, 0.29) is 35.0 Å². The Kier molecular flexibility index (Phi) is 5.73. The molecule has 1 amide bonds. The number of methoxy groups -OCH3 is 1. The topological polar surface area (TPSA) is 84.9 Å². The molecule has 0 aromatic heterocycles. The van der Waals surface area contributed by atoms with E-state index < -0.39 is 21.7 Å². The molecule has 7 nitrogen and oxygen atoms in total. The molecule has 0 atom stereocenters. The van der Waals surface area contributed by atoms with Crippen LogP contribution in [-0.4, -0.2) is 52.0 Å². The van der Waals surface area contributed by atoms with E-state index in [0.29, 0.717) is 13.2 Å². The molecule has 0 bridgehead atoms. The van der Waals surface area contributed by atoms with Gasteiger partial charge in [0.2, 0.25) is 10.0 Å². The molecule has 0 unspecified atom stereocenters. The van der Waals surface area contributed by atoms with Crippen LogP contribution in [0.3, 0.4) is 0 Å². The quantitative estimate of drug-likeness (QED) is 0.840. The minimum atomic E-state index is -3.82. The summed E-state index contributed by atoms with van der Waals surface area (Å²) in [6.07, 6.45) is 0. The average molecular weight is 394 g/mol. The molecule has 0 radical (unpaired) electrons. The number of sulfonamides is 1. The highest BCUT2D eigenvalue weighted by molar-refractivity contribution is 7.89. The van der Waals surface area contributed by atoms with Crippen molar-refractivity contribution in [3.8, 4) is 5.75 Å². The smallest absolute Gasteiger partial charge is 0.255 e. The highest BCUT2D eigenvalue weighted by Crippen LogP contribution is 2.30. The first kappa shape index (κ1) is 19.3. The fourth-order valence-corrected chi connectivity index (χ4v) is 4.30. The van der Waals surface area contributed by atoms with Crippen LogP contribution in [0.2, 0.25) is 0 Å². The van der Waals surface area contributed by atoms with Crippen molar-refractivity contribution >= 4 is 21.6 Å². The number of carbonyl (C=O) groups excluding carboxylic acids is 1. The van der Waals surface area contributed by atoms with Gasteiger partial charge in [0.25, 0.3) is 5.91 Å². The lowest BCUT2D eigenvalue weighted by Crippen LogP contribution is -2.40. The van der Waals surface area contributed by atoms with Crippen LogP contribution in [0, 0.1) is 5.82 Å². The molecule has 9 heteroatoms. The number of nitrogens with zero attached hydrogens (tertiary/aromatic N) is 1. The average Bonchev–Trinajstić information content (AvgIpc) is 2.68. The van der Waals surface area contributed by atoms with E-state index in [1.807, 2.05) is 0 Å². The SMILES string of the molecule is COc1ccc(NC(=O)c2cccc(F)c2)cc1S(=O)(=O)N1CCOCC1. The van der Waals surface area contributed by atoms with Crippen LogP contribution in [0.25, 0.3) is 0 Å². The fourth-order valence-electron chi connectivity index (χ4n) is 2.72. The lowest BCUT2D eigenvalue weighted by molar-refractivity contribution is 0.0729. The van der Waals surface area contributed by atoms with Crippen LogP contribution in [-0.2, 0) is 14.8 Å². The highest BCUT2D eigenvalue weighted by atomic mass is 32.2. The second kappa shape index (κ2) is 8.03. The summed E-state index contributed by atoms with van der Waals surface area (Å²) in [6.45, 7) is 1.12. The predicted molar refractivity (Wildman–Crippen MR) is 96.9 cm³/mol. The van der Waals surface area contributed by atoms with Gasteiger partial charge < -0.3 is 14.8 Å². The van der Waals surface area contributed by atoms with E-state index >= 15 is 0 Å². The molecule has 144 valence electrons. The van der Waals surface area contributed by atoms with Crippen molar-refractivity contribution in [2.45, 2.75) is 4.90 Å². The van der Waals surface area contributed by atoms with Gasteiger partial charge in [0.05, 0.1) is 20.3 Å². The highest BCUT2D eigenvalue weighted by Gasteiger charge is 2.29. The van der Waals surface area contributed by atoms with Crippen LogP contribution in [0.1, 0.15) is 10.4 Å². The molecular weight excluding hydrogens is 375 g/mol. The summed E-state index contributed by atoms with van der Waals surface area (Å²) in [4.78, 5) is 12.2. The molecule has 1 aliphatic heterocycles. The van der Waals surface area contributed by atoms with Gasteiger partial charge in [-0.25, -0.2) is 12.8 Å². The third kappa shape index (κ3) is 4.26. The van der Waals surface area contributed by atoms with Crippen molar-refractivity contribution in [2.75, 3.05) is 38.7 Å². The summed E-state index contributed by atoms with van der Waals surface area (Å²) < 4.78 is 50.9. The van der Waals surface area contributed by atoms with Crippen LogP contribution >= 0.6 is 0 Å². The molecule has 1 fully saturated rings. The van der Waals surface area contributed by atoms with Crippen molar-refractivity contribution in [1.29, 1.82) is 0 Å². The number of hydrogen-bond donors (Lipinski definition) is 1. The lowest BCUT2D eigenvalue weighted by Gasteiger charge is -2.26. The molecule has 0 spiro atoms. The number of rotatable bonds is 5. The molecule has 1 N–H and O–H groups in total. The molecule has 1 aliphatic rings. The van der Waals surface area contributed by atoms with Crippen LogP contribution in [0.5, 0.6) is 5.75 Å². The zero-order chi connectivity index (χ0) is 19.4. The maximum Gasteiger partial charge on any atom is 0.255 e. The molecule has 1 heterocycles. The Bertz CT molecular complexity index is 943. The summed E-state index contributed by atoms with van der Waals surface area (Å²) in [5, 5.41) is 2.58. The third-order valence-electron chi connectivity index (χ3n) is 4.10. The van der Waals surface area contributed by atoms with Crippen molar-refractivity contribution in [2.24, 2.45) is 0 Å². The van der Waals surface area contributed by atoms with Crippen molar-refractivity contribution in [1.82, 2.24) is 4.31 Å². The summed E-state index contributed by atoms with van der Waals surface area (Å²) in [6, 6.07) is 9.55.